The van der Waals surface area contributed by atoms with Gasteiger partial charge in [0.05, 0.1) is 16.8 Å². The maximum atomic E-state index is 13.6. The lowest BCUT2D eigenvalue weighted by molar-refractivity contribution is -0.127. The molecule has 2 heterocycles. The maximum absolute atomic E-state index is 13.6. The highest BCUT2D eigenvalue weighted by molar-refractivity contribution is 7.99. The largest absolute Gasteiger partial charge is 0.338 e. The molecule has 1 amide bonds. The number of aromatic nitrogens is 2. The lowest BCUT2D eigenvalue weighted by Crippen LogP contribution is -2.33. The fourth-order valence-electron chi connectivity index (χ4n) is 3.85. The number of thioether (sulfide) groups is 1. The zero-order valence-electron chi connectivity index (χ0n) is 17.3. The summed E-state index contributed by atoms with van der Waals surface area (Å²) in [5, 5.41) is 1.32. The van der Waals surface area contributed by atoms with Crippen LogP contribution in [0.1, 0.15) is 30.7 Å². The van der Waals surface area contributed by atoms with Crippen molar-refractivity contribution in [1.82, 2.24) is 14.5 Å². The second-order valence-corrected chi connectivity index (χ2v) is 9.59. The van der Waals surface area contributed by atoms with Crippen molar-refractivity contribution in [1.29, 1.82) is 0 Å². The summed E-state index contributed by atoms with van der Waals surface area (Å²) in [6.07, 6.45) is 3.06. The molecule has 1 aliphatic carbocycles. The van der Waals surface area contributed by atoms with Crippen LogP contribution in [0.4, 0.5) is 0 Å². The minimum Gasteiger partial charge on any atom is -0.338 e. The van der Waals surface area contributed by atoms with Crippen LogP contribution in [0.5, 0.6) is 0 Å². The lowest BCUT2D eigenvalue weighted by atomic mass is 10.2. The van der Waals surface area contributed by atoms with Crippen molar-refractivity contribution in [2.75, 3.05) is 18.8 Å². The summed E-state index contributed by atoms with van der Waals surface area (Å²) in [6, 6.07) is 9.57. The van der Waals surface area contributed by atoms with Crippen LogP contribution >= 0.6 is 23.1 Å². The van der Waals surface area contributed by atoms with Crippen LogP contribution in [0.25, 0.3) is 15.9 Å². The van der Waals surface area contributed by atoms with Crippen molar-refractivity contribution in [3.63, 3.8) is 0 Å². The standard InChI is InChI=1S/C23H25N3O2S2/c1-4-25(13-15(2)3)19(27)14-29-23-24-21-20(17-11-8-12-18(17)30-21)22(28)26(23)16-9-6-5-7-10-16/h5-7,9-10H,2,4,8,11-14H2,1,3H3. The fourth-order valence-corrected chi connectivity index (χ4v) is 6.06. The lowest BCUT2D eigenvalue weighted by Gasteiger charge is -2.21. The topological polar surface area (TPSA) is 55.2 Å². The van der Waals surface area contributed by atoms with E-state index < -0.39 is 0 Å². The molecule has 0 N–H and O–H groups in total. The highest BCUT2D eigenvalue weighted by Crippen LogP contribution is 2.36. The molecule has 3 aromatic rings. The Morgan fingerprint density at radius 3 is 2.77 bits per heavy atom. The van der Waals surface area contributed by atoms with Crippen LogP contribution in [0.2, 0.25) is 0 Å². The van der Waals surface area contributed by atoms with Gasteiger partial charge in [-0.2, -0.15) is 0 Å². The van der Waals surface area contributed by atoms with Gasteiger partial charge in [0.2, 0.25) is 5.91 Å². The average Bonchev–Trinajstić information content (AvgIpc) is 3.31. The van der Waals surface area contributed by atoms with Gasteiger partial charge in [-0.25, -0.2) is 4.98 Å². The highest BCUT2D eigenvalue weighted by Gasteiger charge is 2.24. The van der Waals surface area contributed by atoms with E-state index in [4.69, 9.17) is 4.98 Å². The SMILES string of the molecule is C=C(C)CN(CC)C(=O)CSc1nc2sc3c(c2c(=O)n1-c1ccccc1)CCC3. The number of carbonyl (C=O) groups is 1. The first-order valence-electron chi connectivity index (χ1n) is 10.2. The fraction of sp³-hybridized carbons (Fsp3) is 0.348. The normalized spacial score (nSPS) is 12.9. The summed E-state index contributed by atoms with van der Waals surface area (Å²) in [4.78, 5) is 35.0. The zero-order chi connectivity index (χ0) is 21.3. The number of benzene rings is 1. The maximum Gasteiger partial charge on any atom is 0.267 e. The number of para-hydroxylation sites is 1. The minimum absolute atomic E-state index is 0.0214. The molecule has 0 radical (unpaired) electrons. The Morgan fingerprint density at radius 1 is 1.30 bits per heavy atom. The molecule has 0 fully saturated rings. The van der Waals surface area contributed by atoms with Gasteiger partial charge in [-0.3, -0.25) is 14.2 Å². The Kier molecular flexibility index (Phi) is 6.11. The Labute approximate surface area is 184 Å². The van der Waals surface area contributed by atoms with Gasteiger partial charge in [-0.15, -0.1) is 11.3 Å². The van der Waals surface area contributed by atoms with E-state index in [9.17, 15) is 9.59 Å². The number of aryl methyl sites for hydroxylation is 2. The van der Waals surface area contributed by atoms with Crippen molar-refractivity contribution >= 4 is 39.2 Å². The molecule has 7 heteroatoms. The monoisotopic (exact) mass is 439 g/mol. The summed E-state index contributed by atoms with van der Waals surface area (Å²) < 4.78 is 1.67. The molecule has 156 valence electrons. The Bertz CT molecular complexity index is 1160. The smallest absolute Gasteiger partial charge is 0.267 e. The molecule has 0 spiro atoms. The number of nitrogens with zero attached hydrogens (tertiary/aromatic N) is 3. The molecule has 0 saturated heterocycles. The van der Waals surface area contributed by atoms with Gasteiger partial charge in [-0.1, -0.05) is 42.1 Å². The second kappa shape index (κ2) is 8.78. The molecule has 1 aliphatic rings. The predicted octanol–water partition coefficient (Wildman–Crippen LogP) is 4.45. The molecule has 4 rings (SSSR count). The molecular formula is C23H25N3O2S2. The Balaban J connectivity index is 1.74. The van der Waals surface area contributed by atoms with E-state index in [1.54, 1.807) is 20.8 Å². The van der Waals surface area contributed by atoms with E-state index in [1.165, 1.54) is 22.2 Å². The Morgan fingerprint density at radius 2 is 2.07 bits per heavy atom. The van der Waals surface area contributed by atoms with Crippen molar-refractivity contribution in [3.05, 3.63) is 63.3 Å². The summed E-state index contributed by atoms with van der Waals surface area (Å²) in [5.74, 6) is 0.255. The van der Waals surface area contributed by atoms with E-state index in [0.717, 1.165) is 40.7 Å². The number of carbonyl (C=O) groups excluding carboxylic acids is 1. The summed E-state index contributed by atoms with van der Waals surface area (Å²) in [7, 11) is 0. The summed E-state index contributed by atoms with van der Waals surface area (Å²) >= 11 is 2.96. The zero-order valence-corrected chi connectivity index (χ0v) is 18.9. The molecule has 5 nitrogen and oxygen atoms in total. The van der Waals surface area contributed by atoms with Crippen molar-refractivity contribution in [2.45, 2.75) is 38.3 Å². The number of rotatable bonds is 7. The van der Waals surface area contributed by atoms with E-state index in [-0.39, 0.29) is 17.2 Å². The predicted molar refractivity (Wildman–Crippen MR) is 125 cm³/mol. The third kappa shape index (κ3) is 3.96. The van der Waals surface area contributed by atoms with Crippen molar-refractivity contribution in [2.24, 2.45) is 0 Å². The first kappa shape index (κ1) is 20.9. The molecular weight excluding hydrogens is 414 g/mol. The molecule has 0 atom stereocenters. The highest BCUT2D eigenvalue weighted by atomic mass is 32.2. The van der Waals surface area contributed by atoms with Gasteiger partial charge in [0.25, 0.3) is 5.56 Å². The van der Waals surface area contributed by atoms with Crippen LogP contribution in [-0.4, -0.2) is 39.2 Å². The molecule has 0 saturated carbocycles. The van der Waals surface area contributed by atoms with Crippen LogP contribution in [0.3, 0.4) is 0 Å². The van der Waals surface area contributed by atoms with Crippen molar-refractivity contribution in [3.8, 4) is 5.69 Å². The van der Waals surface area contributed by atoms with E-state index >= 15 is 0 Å². The summed E-state index contributed by atoms with van der Waals surface area (Å²) in [5.41, 5.74) is 2.86. The van der Waals surface area contributed by atoms with Crippen LogP contribution in [0, 0.1) is 0 Å². The number of fused-ring (bicyclic) bond motifs is 3. The molecule has 0 unspecified atom stereocenters. The minimum atomic E-state index is -0.0326. The third-order valence-electron chi connectivity index (χ3n) is 5.24. The van der Waals surface area contributed by atoms with Gasteiger partial charge < -0.3 is 4.90 Å². The van der Waals surface area contributed by atoms with Crippen molar-refractivity contribution < 1.29 is 4.79 Å². The number of thiophene rings is 1. The van der Waals surface area contributed by atoms with Gasteiger partial charge in [0.1, 0.15) is 4.83 Å². The van der Waals surface area contributed by atoms with E-state index in [0.29, 0.717) is 18.2 Å². The van der Waals surface area contributed by atoms with Gasteiger partial charge in [0.15, 0.2) is 5.16 Å². The Hall–Kier alpha value is -2.38. The average molecular weight is 440 g/mol. The molecule has 0 aliphatic heterocycles. The van der Waals surface area contributed by atoms with E-state index in [1.807, 2.05) is 44.2 Å². The van der Waals surface area contributed by atoms with Crippen LogP contribution in [-0.2, 0) is 17.6 Å². The number of hydrogen-bond donors (Lipinski definition) is 0. The number of amides is 1. The van der Waals surface area contributed by atoms with Gasteiger partial charge in [-0.05, 0) is 50.8 Å². The van der Waals surface area contributed by atoms with Gasteiger partial charge in [0, 0.05) is 18.0 Å². The van der Waals surface area contributed by atoms with Crippen LogP contribution < -0.4 is 5.56 Å². The second-order valence-electron chi connectivity index (χ2n) is 7.56. The van der Waals surface area contributed by atoms with E-state index in [2.05, 4.69) is 6.58 Å². The third-order valence-corrected chi connectivity index (χ3v) is 7.35. The summed E-state index contributed by atoms with van der Waals surface area (Å²) in [6.45, 7) is 8.96. The molecule has 2 aromatic heterocycles. The van der Waals surface area contributed by atoms with Crippen LogP contribution in [0.15, 0.2) is 52.4 Å². The number of hydrogen-bond acceptors (Lipinski definition) is 5. The quantitative estimate of drug-likeness (QED) is 0.310. The van der Waals surface area contributed by atoms with Gasteiger partial charge >= 0.3 is 0 Å². The molecule has 30 heavy (non-hydrogen) atoms. The first-order valence-corrected chi connectivity index (χ1v) is 12.0. The molecule has 1 aromatic carbocycles. The number of likely N-dealkylation sites (N-methyl/N-ethyl adjacent to an activating group) is 1. The molecule has 0 bridgehead atoms. The first-order chi connectivity index (χ1) is 14.5.